The molecule has 8 heteroatoms. The molecule has 1 heterocycles. The molecule has 2 unspecified atom stereocenters. The van der Waals surface area contributed by atoms with Crippen LogP contribution in [0.15, 0.2) is 11.6 Å². The van der Waals surface area contributed by atoms with Gasteiger partial charge in [-0.1, -0.05) is 46.3 Å². The largest absolute Gasteiger partial charge is 0.394 e. The molecule has 5 rings (SSSR count). The zero-order chi connectivity index (χ0) is 32.6. The summed E-state index contributed by atoms with van der Waals surface area (Å²) in [5, 5.41) is 63.2. The third-order valence-corrected chi connectivity index (χ3v) is 14.3. The van der Waals surface area contributed by atoms with Gasteiger partial charge in [0.2, 0.25) is 0 Å². The lowest BCUT2D eigenvalue weighted by molar-refractivity contribution is -0.331. The molecule has 0 aromatic heterocycles. The van der Waals surface area contributed by atoms with E-state index in [2.05, 4.69) is 47.6 Å². The van der Waals surface area contributed by atoms with E-state index in [0.717, 1.165) is 57.8 Å². The Morgan fingerprint density at radius 2 is 1.55 bits per heavy atom. The zero-order valence-electron chi connectivity index (χ0n) is 28.5. The van der Waals surface area contributed by atoms with Gasteiger partial charge in [0.1, 0.15) is 24.4 Å². The van der Waals surface area contributed by atoms with Gasteiger partial charge in [0.25, 0.3) is 0 Å². The zero-order valence-corrected chi connectivity index (χ0v) is 28.5. The Morgan fingerprint density at radius 1 is 0.886 bits per heavy atom. The van der Waals surface area contributed by atoms with Crippen molar-refractivity contribution in [3.05, 3.63) is 11.6 Å². The normalized spacial score (nSPS) is 51.0. The number of fused-ring (bicyclic) bond motifs is 5. The van der Waals surface area contributed by atoms with Crippen LogP contribution in [0.3, 0.4) is 0 Å². The maximum atomic E-state index is 12.0. The standard InChI is InChI=1S/C36H62O8/c1-20(10-9-14-32(2,3)42)21-11-16-36(8)27(21)22(38)18-25-34(6)15-13-26(33(4,5)24(34)12-17-35(25,36)7)44-31-30(41)29(40)28(39)23(19-37)43-31/h10,21-31,37-42H,9,11-19H2,1-8H3/b20-10+/t21-,22?,23-,24+,25-,26?,27+,28-,29+,30-,31+,34+,35-,36-/m1/s1. The predicted octanol–water partition coefficient (Wildman–Crippen LogP) is 4.32. The molecule has 14 atom stereocenters. The summed E-state index contributed by atoms with van der Waals surface area (Å²) in [6.07, 6.45) is 3.85. The number of rotatable bonds is 7. The van der Waals surface area contributed by atoms with Crippen LogP contribution in [0, 0.1) is 45.3 Å². The molecule has 8 nitrogen and oxygen atoms in total. The summed E-state index contributed by atoms with van der Waals surface area (Å²) in [5.74, 6) is 1.32. The minimum atomic E-state index is -1.45. The molecule has 4 saturated carbocycles. The van der Waals surface area contributed by atoms with Crippen molar-refractivity contribution >= 4 is 0 Å². The maximum Gasteiger partial charge on any atom is 0.186 e. The van der Waals surface area contributed by atoms with Crippen LogP contribution in [-0.2, 0) is 9.47 Å². The molecule has 1 saturated heterocycles. The first-order chi connectivity index (χ1) is 20.3. The lowest BCUT2D eigenvalue weighted by Crippen LogP contribution is -2.67. The molecule has 0 radical (unpaired) electrons. The lowest BCUT2D eigenvalue weighted by atomic mass is 9.35. The Morgan fingerprint density at radius 3 is 2.18 bits per heavy atom. The topological polar surface area (TPSA) is 140 Å². The first-order valence-electron chi connectivity index (χ1n) is 17.3. The van der Waals surface area contributed by atoms with Crippen LogP contribution in [0.4, 0.5) is 0 Å². The van der Waals surface area contributed by atoms with Crippen molar-refractivity contribution in [3.8, 4) is 0 Å². The van der Waals surface area contributed by atoms with Crippen molar-refractivity contribution in [1.82, 2.24) is 0 Å². The number of aliphatic hydroxyl groups excluding tert-OH is 5. The van der Waals surface area contributed by atoms with Crippen molar-refractivity contribution in [3.63, 3.8) is 0 Å². The monoisotopic (exact) mass is 622 g/mol. The van der Waals surface area contributed by atoms with Crippen LogP contribution in [-0.4, -0.2) is 85.8 Å². The SMILES string of the molecule is C/C(=C\CCC(C)(C)O)[C@H]1CC[C@]2(C)[C@@H]1C(O)C[C@@H]1[C@@]3(C)CCC(O[C@@H]4O[C@H](CO)[C@@H](O)[C@H](O)[C@H]4O)C(C)(C)[C@@H]3CC[C@]12C. The van der Waals surface area contributed by atoms with Crippen molar-refractivity contribution in [2.24, 2.45) is 45.3 Å². The molecule has 254 valence electrons. The Bertz CT molecular complexity index is 1070. The van der Waals surface area contributed by atoms with Gasteiger partial charge < -0.3 is 40.1 Å². The molecular formula is C36H62O8. The number of hydrogen-bond acceptors (Lipinski definition) is 8. The van der Waals surface area contributed by atoms with Gasteiger partial charge in [0, 0.05) is 0 Å². The number of aliphatic hydroxyl groups is 6. The minimum Gasteiger partial charge on any atom is -0.394 e. The van der Waals surface area contributed by atoms with E-state index in [1.54, 1.807) is 0 Å². The highest BCUT2D eigenvalue weighted by molar-refractivity contribution is 5.22. The molecular weight excluding hydrogens is 560 g/mol. The summed E-state index contributed by atoms with van der Waals surface area (Å²) in [5.41, 5.74) is 0.589. The summed E-state index contributed by atoms with van der Waals surface area (Å²) in [6, 6.07) is 0. The highest BCUT2D eigenvalue weighted by atomic mass is 16.7. The second-order valence-corrected chi connectivity index (χ2v) is 17.4. The second-order valence-electron chi connectivity index (χ2n) is 17.4. The van der Waals surface area contributed by atoms with Crippen molar-refractivity contribution in [1.29, 1.82) is 0 Å². The van der Waals surface area contributed by atoms with Gasteiger partial charge in [0.05, 0.1) is 24.4 Å². The molecule has 0 aromatic carbocycles. The summed E-state index contributed by atoms with van der Waals surface area (Å²) < 4.78 is 12.2. The van der Waals surface area contributed by atoms with E-state index in [4.69, 9.17) is 9.47 Å². The van der Waals surface area contributed by atoms with E-state index in [9.17, 15) is 30.6 Å². The predicted molar refractivity (Wildman–Crippen MR) is 168 cm³/mol. The summed E-state index contributed by atoms with van der Waals surface area (Å²) in [4.78, 5) is 0. The van der Waals surface area contributed by atoms with Gasteiger partial charge >= 0.3 is 0 Å². The van der Waals surface area contributed by atoms with Gasteiger partial charge in [-0.15, -0.1) is 0 Å². The van der Waals surface area contributed by atoms with Crippen LogP contribution in [0.2, 0.25) is 0 Å². The van der Waals surface area contributed by atoms with Gasteiger partial charge in [-0.05, 0) is 124 Å². The van der Waals surface area contributed by atoms with Crippen LogP contribution in [0.25, 0.3) is 0 Å². The Kier molecular flexibility index (Phi) is 9.35. The molecule has 0 spiro atoms. The highest BCUT2D eigenvalue weighted by Gasteiger charge is 2.70. The molecule has 5 aliphatic rings. The molecule has 0 bridgehead atoms. The molecule has 44 heavy (non-hydrogen) atoms. The smallest absolute Gasteiger partial charge is 0.186 e. The first-order valence-corrected chi connectivity index (χ1v) is 17.3. The first kappa shape index (κ1) is 34.7. The van der Waals surface area contributed by atoms with Crippen molar-refractivity contribution in [2.45, 2.75) is 162 Å². The van der Waals surface area contributed by atoms with Crippen LogP contribution >= 0.6 is 0 Å². The summed E-state index contributed by atoms with van der Waals surface area (Å²) in [7, 11) is 0. The Balaban J connectivity index is 1.36. The van der Waals surface area contributed by atoms with Gasteiger partial charge in [-0.3, -0.25) is 0 Å². The third kappa shape index (κ3) is 5.45. The Labute approximate surface area is 265 Å². The fraction of sp³-hybridized carbons (Fsp3) is 0.944. The fourth-order valence-corrected chi connectivity index (χ4v) is 11.6. The van der Waals surface area contributed by atoms with Crippen LogP contribution in [0.1, 0.15) is 113 Å². The average molecular weight is 623 g/mol. The Hall–Kier alpha value is -0.580. The van der Waals surface area contributed by atoms with Gasteiger partial charge in [-0.2, -0.15) is 0 Å². The van der Waals surface area contributed by atoms with E-state index in [1.807, 2.05) is 13.8 Å². The molecule has 1 aliphatic heterocycles. The van der Waals surface area contributed by atoms with Crippen LogP contribution < -0.4 is 0 Å². The van der Waals surface area contributed by atoms with Gasteiger partial charge in [0.15, 0.2) is 6.29 Å². The molecule has 5 fully saturated rings. The molecule has 0 amide bonds. The average Bonchev–Trinajstić information content (AvgIpc) is 3.31. The summed E-state index contributed by atoms with van der Waals surface area (Å²) >= 11 is 0. The van der Waals surface area contributed by atoms with E-state index in [-0.39, 0.29) is 39.8 Å². The number of hydrogen-bond donors (Lipinski definition) is 6. The highest BCUT2D eigenvalue weighted by Crippen LogP contribution is 2.75. The molecule has 4 aliphatic carbocycles. The fourth-order valence-electron chi connectivity index (χ4n) is 11.6. The molecule has 6 N–H and O–H groups in total. The van der Waals surface area contributed by atoms with E-state index >= 15 is 0 Å². The van der Waals surface area contributed by atoms with Crippen LogP contribution in [0.5, 0.6) is 0 Å². The summed E-state index contributed by atoms with van der Waals surface area (Å²) in [6.45, 7) is 17.4. The van der Waals surface area contributed by atoms with E-state index in [1.165, 1.54) is 5.57 Å². The maximum absolute atomic E-state index is 12.0. The minimum absolute atomic E-state index is 0.0103. The van der Waals surface area contributed by atoms with Crippen molar-refractivity contribution in [2.75, 3.05) is 6.61 Å². The third-order valence-electron chi connectivity index (χ3n) is 14.3. The van der Waals surface area contributed by atoms with E-state index < -0.39 is 42.9 Å². The van der Waals surface area contributed by atoms with Crippen molar-refractivity contribution < 1.29 is 40.1 Å². The van der Waals surface area contributed by atoms with E-state index in [0.29, 0.717) is 17.8 Å². The quantitative estimate of drug-likeness (QED) is 0.182. The van der Waals surface area contributed by atoms with Gasteiger partial charge in [-0.25, -0.2) is 0 Å². The number of allylic oxidation sites excluding steroid dienone is 2. The number of ether oxygens (including phenoxy) is 2. The lowest BCUT2D eigenvalue weighted by Gasteiger charge is -2.70. The second kappa shape index (κ2) is 11.8. The molecule has 0 aromatic rings.